The van der Waals surface area contributed by atoms with Crippen molar-refractivity contribution in [1.29, 1.82) is 0 Å². The van der Waals surface area contributed by atoms with Gasteiger partial charge in [-0.1, -0.05) is 0 Å². The van der Waals surface area contributed by atoms with Crippen LogP contribution in [0.1, 0.15) is 24.3 Å². The predicted octanol–water partition coefficient (Wildman–Crippen LogP) is 1.19. The molecule has 1 aromatic heterocycles. The third-order valence-corrected chi connectivity index (χ3v) is 5.81. The first-order valence-electron chi connectivity index (χ1n) is 7.90. The molecule has 2 aliphatic heterocycles. The number of carbonyl (C=O) groups excluding carboxylic acids is 2. The molecule has 2 amide bonds. The van der Waals surface area contributed by atoms with E-state index in [0.29, 0.717) is 0 Å². The molecule has 1 aromatic rings. The summed E-state index contributed by atoms with van der Waals surface area (Å²) in [6, 6.07) is 2.03. The number of hydrogen-bond donors (Lipinski definition) is 0. The van der Waals surface area contributed by atoms with Gasteiger partial charge in [-0.3, -0.25) is 14.5 Å². The van der Waals surface area contributed by atoms with E-state index >= 15 is 0 Å². The van der Waals surface area contributed by atoms with Crippen LogP contribution in [0.3, 0.4) is 0 Å². The van der Waals surface area contributed by atoms with E-state index in [9.17, 15) is 9.59 Å². The van der Waals surface area contributed by atoms with Crippen molar-refractivity contribution in [3.05, 3.63) is 21.9 Å². The fraction of sp³-hybridized carbons (Fsp3) is 0.625. The first-order valence-corrected chi connectivity index (χ1v) is 8.78. The molecule has 0 aliphatic carbocycles. The van der Waals surface area contributed by atoms with Crippen LogP contribution in [-0.4, -0.2) is 65.3 Å². The smallest absolute Gasteiger partial charge is 0.239 e. The topological polar surface area (TPSA) is 43.9 Å². The molecule has 0 N–H and O–H groups in total. The van der Waals surface area contributed by atoms with Crippen LogP contribution in [0.15, 0.2) is 11.4 Å². The van der Waals surface area contributed by atoms with Crippen molar-refractivity contribution >= 4 is 23.2 Å². The molecule has 22 heavy (non-hydrogen) atoms. The van der Waals surface area contributed by atoms with E-state index in [1.54, 1.807) is 18.3 Å². The molecular weight excluding hydrogens is 298 g/mol. The van der Waals surface area contributed by atoms with E-state index in [0.717, 1.165) is 45.7 Å². The van der Waals surface area contributed by atoms with Crippen LogP contribution < -0.4 is 0 Å². The predicted molar refractivity (Wildman–Crippen MR) is 86.7 cm³/mol. The Morgan fingerprint density at radius 2 is 1.86 bits per heavy atom. The summed E-state index contributed by atoms with van der Waals surface area (Å²) in [5.41, 5.74) is 1.30. The summed E-state index contributed by atoms with van der Waals surface area (Å²) in [6.07, 6.45) is 0.976. The van der Waals surface area contributed by atoms with Gasteiger partial charge in [0.15, 0.2) is 0 Å². The van der Waals surface area contributed by atoms with Crippen molar-refractivity contribution in [3.63, 3.8) is 0 Å². The maximum absolute atomic E-state index is 12.8. The molecule has 5 nitrogen and oxygen atoms in total. The minimum absolute atomic E-state index is 0.103. The number of hydrogen-bond acceptors (Lipinski definition) is 4. The SMILES string of the molecule is CC(=O)N1CCN([C@@H](C)C(=O)N2CCc3sccc3C2)CC1. The Morgan fingerprint density at radius 1 is 1.14 bits per heavy atom. The quantitative estimate of drug-likeness (QED) is 0.822. The largest absolute Gasteiger partial charge is 0.340 e. The molecule has 120 valence electrons. The highest BCUT2D eigenvalue weighted by Gasteiger charge is 2.30. The third kappa shape index (κ3) is 3.03. The van der Waals surface area contributed by atoms with Gasteiger partial charge in [0, 0.05) is 51.1 Å². The number of piperazine rings is 1. The highest BCUT2D eigenvalue weighted by Crippen LogP contribution is 2.24. The van der Waals surface area contributed by atoms with E-state index in [1.165, 1.54) is 10.4 Å². The van der Waals surface area contributed by atoms with Gasteiger partial charge in [0.05, 0.1) is 6.04 Å². The molecule has 0 saturated carbocycles. The second-order valence-corrected chi connectivity index (χ2v) is 7.10. The van der Waals surface area contributed by atoms with Gasteiger partial charge in [0.1, 0.15) is 0 Å². The van der Waals surface area contributed by atoms with E-state index in [4.69, 9.17) is 0 Å². The lowest BCUT2D eigenvalue weighted by Crippen LogP contribution is -2.55. The van der Waals surface area contributed by atoms with Gasteiger partial charge in [-0.25, -0.2) is 0 Å². The Morgan fingerprint density at radius 3 is 2.55 bits per heavy atom. The Bertz CT molecular complexity index is 563. The molecule has 2 aliphatic rings. The average molecular weight is 321 g/mol. The van der Waals surface area contributed by atoms with E-state index < -0.39 is 0 Å². The molecule has 1 fully saturated rings. The Labute approximate surface area is 135 Å². The number of thiophene rings is 1. The zero-order valence-electron chi connectivity index (χ0n) is 13.2. The molecule has 0 bridgehead atoms. The number of fused-ring (bicyclic) bond motifs is 1. The number of rotatable bonds is 2. The van der Waals surface area contributed by atoms with Gasteiger partial charge in [-0.2, -0.15) is 0 Å². The summed E-state index contributed by atoms with van der Waals surface area (Å²) in [5, 5.41) is 2.11. The first kappa shape index (κ1) is 15.5. The van der Waals surface area contributed by atoms with Crippen molar-refractivity contribution in [2.75, 3.05) is 32.7 Å². The second kappa shape index (κ2) is 6.38. The fourth-order valence-electron chi connectivity index (χ4n) is 3.28. The second-order valence-electron chi connectivity index (χ2n) is 6.10. The maximum Gasteiger partial charge on any atom is 0.239 e. The summed E-state index contributed by atoms with van der Waals surface area (Å²) in [4.78, 5) is 31.6. The van der Waals surface area contributed by atoms with Gasteiger partial charge < -0.3 is 9.80 Å². The molecular formula is C16H23N3O2S. The van der Waals surface area contributed by atoms with Crippen molar-refractivity contribution in [3.8, 4) is 0 Å². The lowest BCUT2D eigenvalue weighted by molar-refractivity contribution is -0.139. The summed E-state index contributed by atoms with van der Waals surface area (Å²) in [7, 11) is 0. The molecule has 1 atom stereocenters. The molecule has 0 unspecified atom stereocenters. The van der Waals surface area contributed by atoms with Gasteiger partial charge >= 0.3 is 0 Å². The van der Waals surface area contributed by atoms with Crippen molar-refractivity contribution in [2.24, 2.45) is 0 Å². The summed E-state index contributed by atoms with van der Waals surface area (Å²) in [5.74, 6) is 0.341. The third-order valence-electron chi connectivity index (χ3n) is 4.78. The molecule has 1 saturated heterocycles. The lowest BCUT2D eigenvalue weighted by atomic mass is 10.1. The van der Waals surface area contributed by atoms with Crippen molar-refractivity contribution in [2.45, 2.75) is 32.9 Å². The van der Waals surface area contributed by atoms with Crippen LogP contribution in [0.25, 0.3) is 0 Å². The Hall–Kier alpha value is -1.40. The molecule has 0 aromatic carbocycles. The van der Waals surface area contributed by atoms with Crippen LogP contribution in [0, 0.1) is 0 Å². The first-order chi connectivity index (χ1) is 10.6. The van der Waals surface area contributed by atoms with Gasteiger partial charge in [-0.05, 0) is 30.4 Å². The number of amides is 2. The highest BCUT2D eigenvalue weighted by atomic mass is 32.1. The van der Waals surface area contributed by atoms with Crippen molar-refractivity contribution < 1.29 is 9.59 Å². The van der Waals surface area contributed by atoms with Crippen LogP contribution in [-0.2, 0) is 22.6 Å². The Balaban J connectivity index is 1.58. The summed E-state index contributed by atoms with van der Waals surface area (Å²) in [6.45, 7) is 8.18. The standard InChI is InChI=1S/C16H23N3O2S/c1-12(17-6-8-18(9-7-17)13(2)20)16(21)19-5-3-15-14(11-19)4-10-22-15/h4,10,12H,3,5-9,11H2,1-2H3/t12-/m0/s1. The molecule has 3 rings (SSSR count). The minimum Gasteiger partial charge on any atom is -0.340 e. The molecule has 6 heteroatoms. The number of carbonyl (C=O) groups is 2. The minimum atomic E-state index is -0.103. The van der Waals surface area contributed by atoms with E-state index in [1.807, 2.05) is 16.7 Å². The van der Waals surface area contributed by atoms with Crippen LogP contribution in [0.4, 0.5) is 0 Å². The van der Waals surface area contributed by atoms with Crippen LogP contribution >= 0.6 is 11.3 Å². The summed E-state index contributed by atoms with van der Waals surface area (Å²) < 4.78 is 0. The zero-order valence-corrected chi connectivity index (χ0v) is 14.1. The number of nitrogens with zero attached hydrogens (tertiary/aromatic N) is 3. The monoisotopic (exact) mass is 321 g/mol. The van der Waals surface area contributed by atoms with Crippen LogP contribution in [0.2, 0.25) is 0 Å². The Kier molecular flexibility index (Phi) is 4.49. The summed E-state index contributed by atoms with van der Waals surface area (Å²) >= 11 is 1.79. The molecule has 3 heterocycles. The van der Waals surface area contributed by atoms with Gasteiger partial charge in [0.25, 0.3) is 0 Å². The van der Waals surface area contributed by atoms with Crippen LogP contribution in [0.5, 0.6) is 0 Å². The van der Waals surface area contributed by atoms with Crippen molar-refractivity contribution in [1.82, 2.24) is 14.7 Å². The zero-order chi connectivity index (χ0) is 15.7. The lowest BCUT2D eigenvalue weighted by Gasteiger charge is -2.39. The molecule has 0 radical (unpaired) electrons. The van der Waals surface area contributed by atoms with Gasteiger partial charge in [-0.15, -0.1) is 11.3 Å². The van der Waals surface area contributed by atoms with Gasteiger partial charge in [0.2, 0.25) is 11.8 Å². The normalized spacial score (nSPS) is 20.6. The highest BCUT2D eigenvalue weighted by molar-refractivity contribution is 7.10. The molecule has 0 spiro atoms. The maximum atomic E-state index is 12.8. The fourth-order valence-corrected chi connectivity index (χ4v) is 4.17. The van der Waals surface area contributed by atoms with E-state index in [2.05, 4.69) is 16.3 Å². The van der Waals surface area contributed by atoms with E-state index in [-0.39, 0.29) is 17.9 Å². The average Bonchev–Trinajstić information content (AvgIpc) is 3.01.